The quantitative estimate of drug-likeness (QED) is 0.736. The third-order valence-corrected chi connectivity index (χ3v) is 5.95. The van der Waals surface area contributed by atoms with Gasteiger partial charge in [0, 0.05) is 24.5 Å². The highest BCUT2D eigenvalue weighted by Gasteiger charge is 2.34. The second kappa shape index (κ2) is 7.43. The van der Waals surface area contributed by atoms with Crippen molar-refractivity contribution < 1.29 is 4.79 Å². The van der Waals surface area contributed by atoms with E-state index in [0.717, 1.165) is 12.1 Å². The number of rotatable bonds is 4. The summed E-state index contributed by atoms with van der Waals surface area (Å²) in [6.45, 7) is 11.8. The van der Waals surface area contributed by atoms with Crippen molar-refractivity contribution in [3.05, 3.63) is 53.9 Å². The molecule has 1 fully saturated rings. The van der Waals surface area contributed by atoms with Crippen molar-refractivity contribution in [3.8, 4) is 11.1 Å². The van der Waals surface area contributed by atoms with E-state index in [1.54, 1.807) is 11.8 Å². The minimum Gasteiger partial charge on any atom is -0.325 e. The van der Waals surface area contributed by atoms with Crippen molar-refractivity contribution >= 4 is 17.7 Å². The lowest BCUT2D eigenvalue weighted by molar-refractivity contribution is -0.128. The zero-order chi connectivity index (χ0) is 18.9. The van der Waals surface area contributed by atoms with Gasteiger partial charge in [0.05, 0.1) is 5.75 Å². The van der Waals surface area contributed by atoms with Crippen LogP contribution < -0.4 is 0 Å². The van der Waals surface area contributed by atoms with Crippen LogP contribution in [0.3, 0.4) is 0 Å². The summed E-state index contributed by atoms with van der Waals surface area (Å²) >= 11 is 1.71. The molecule has 0 aliphatic carbocycles. The Hall–Kier alpha value is -1.81. The van der Waals surface area contributed by atoms with Gasteiger partial charge in [-0.2, -0.15) is 0 Å². The lowest BCUT2D eigenvalue weighted by Crippen LogP contribution is -2.31. The van der Waals surface area contributed by atoms with Crippen LogP contribution in [0.15, 0.2) is 42.7 Å². The Morgan fingerprint density at radius 2 is 1.88 bits per heavy atom. The number of aromatic nitrogens is 1. The van der Waals surface area contributed by atoms with E-state index < -0.39 is 0 Å². The van der Waals surface area contributed by atoms with Gasteiger partial charge in [0.15, 0.2) is 0 Å². The molecule has 26 heavy (non-hydrogen) atoms. The van der Waals surface area contributed by atoms with Crippen LogP contribution in [0, 0.1) is 5.92 Å². The van der Waals surface area contributed by atoms with Gasteiger partial charge < -0.3 is 4.90 Å². The van der Waals surface area contributed by atoms with Gasteiger partial charge in [0.25, 0.3) is 0 Å². The largest absolute Gasteiger partial charge is 0.325 e. The third kappa shape index (κ3) is 3.96. The molecule has 1 aliphatic rings. The Bertz CT molecular complexity index is 777. The number of hydrogen-bond donors (Lipinski definition) is 0. The van der Waals surface area contributed by atoms with Crippen molar-refractivity contribution in [3.63, 3.8) is 0 Å². The maximum atomic E-state index is 12.4. The number of benzene rings is 1. The van der Waals surface area contributed by atoms with Gasteiger partial charge in [-0.25, -0.2) is 0 Å². The summed E-state index contributed by atoms with van der Waals surface area (Å²) in [5.74, 6) is 1.23. The van der Waals surface area contributed by atoms with Crippen LogP contribution in [0.4, 0.5) is 0 Å². The fraction of sp³-hybridized carbons (Fsp3) is 0.455. The Kier molecular flexibility index (Phi) is 5.42. The van der Waals surface area contributed by atoms with E-state index in [4.69, 9.17) is 0 Å². The van der Waals surface area contributed by atoms with E-state index in [9.17, 15) is 4.79 Å². The third-order valence-electron chi connectivity index (χ3n) is 4.71. The predicted octanol–water partition coefficient (Wildman–Crippen LogP) is 5.28. The van der Waals surface area contributed by atoms with Gasteiger partial charge >= 0.3 is 0 Å². The first-order chi connectivity index (χ1) is 12.3. The molecule has 1 aliphatic heterocycles. The lowest BCUT2D eigenvalue weighted by atomic mass is 9.86. The number of pyridine rings is 1. The Labute approximate surface area is 161 Å². The summed E-state index contributed by atoms with van der Waals surface area (Å²) in [5, 5.41) is 0.0518. The van der Waals surface area contributed by atoms with Gasteiger partial charge in [0.2, 0.25) is 5.91 Å². The van der Waals surface area contributed by atoms with Crippen molar-refractivity contribution in [2.75, 3.05) is 12.3 Å². The van der Waals surface area contributed by atoms with E-state index in [1.807, 2.05) is 17.3 Å². The average molecular weight is 369 g/mol. The summed E-state index contributed by atoms with van der Waals surface area (Å²) in [6.07, 6.45) is 3.77. The smallest absolute Gasteiger partial charge is 0.233 e. The summed E-state index contributed by atoms with van der Waals surface area (Å²) in [4.78, 5) is 18.8. The van der Waals surface area contributed by atoms with E-state index in [1.165, 1.54) is 16.7 Å². The lowest BCUT2D eigenvalue weighted by Gasteiger charge is -2.27. The molecule has 1 atom stereocenters. The molecule has 3 nitrogen and oxygen atoms in total. The van der Waals surface area contributed by atoms with Gasteiger partial charge in [-0.1, -0.05) is 58.9 Å². The van der Waals surface area contributed by atoms with Gasteiger partial charge in [-0.05, 0) is 34.1 Å². The normalized spacial score (nSPS) is 18.0. The number of amides is 1. The van der Waals surface area contributed by atoms with Crippen LogP contribution in [0.1, 0.15) is 51.1 Å². The first-order valence-electron chi connectivity index (χ1n) is 9.23. The van der Waals surface area contributed by atoms with Crippen LogP contribution in [0.5, 0.6) is 0 Å². The minimum absolute atomic E-state index is 0.0518. The van der Waals surface area contributed by atoms with E-state index in [2.05, 4.69) is 69.9 Å². The molecule has 1 unspecified atom stereocenters. The molecule has 0 saturated carbocycles. The van der Waals surface area contributed by atoms with E-state index in [-0.39, 0.29) is 16.7 Å². The van der Waals surface area contributed by atoms with Gasteiger partial charge in [-0.15, -0.1) is 11.8 Å². The van der Waals surface area contributed by atoms with Crippen molar-refractivity contribution in [1.29, 1.82) is 0 Å². The molecule has 1 aromatic heterocycles. The van der Waals surface area contributed by atoms with Crippen LogP contribution in [-0.4, -0.2) is 28.1 Å². The molecular weight excluding hydrogens is 340 g/mol. The zero-order valence-corrected chi connectivity index (χ0v) is 17.1. The SMILES string of the molecule is CC(C)CN1C(=O)CSC1c1cnccc1-c1ccc(C(C)(C)C)cc1. The summed E-state index contributed by atoms with van der Waals surface area (Å²) in [7, 11) is 0. The second-order valence-electron chi connectivity index (χ2n) is 8.39. The average Bonchev–Trinajstić information content (AvgIpc) is 2.94. The maximum Gasteiger partial charge on any atom is 0.233 e. The van der Waals surface area contributed by atoms with Crippen LogP contribution in [0.2, 0.25) is 0 Å². The van der Waals surface area contributed by atoms with Crippen LogP contribution >= 0.6 is 11.8 Å². The number of nitrogens with zero attached hydrogens (tertiary/aromatic N) is 2. The van der Waals surface area contributed by atoms with Crippen LogP contribution in [0.25, 0.3) is 11.1 Å². The standard InChI is InChI=1S/C22H28N2OS/c1-15(2)13-24-20(25)14-26-21(24)19-12-23-11-10-18(19)16-6-8-17(9-7-16)22(3,4)5/h6-12,15,21H,13-14H2,1-5H3. The maximum absolute atomic E-state index is 12.4. The topological polar surface area (TPSA) is 33.2 Å². The fourth-order valence-electron chi connectivity index (χ4n) is 3.32. The predicted molar refractivity (Wildman–Crippen MR) is 110 cm³/mol. The molecule has 1 amide bonds. The van der Waals surface area contributed by atoms with E-state index in [0.29, 0.717) is 11.7 Å². The number of carbonyl (C=O) groups is 1. The highest BCUT2D eigenvalue weighted by atomic mass is 32.2. The fourth-order valence-corrected chi connectivity index (χ4v) is 4.54. The Balaban J connectivity index is 1.97. The summed E-state index contributed by atoms with van der Waals surface area (Å²) < 4.78 is 0. The molecule has 2 aromatic rings. The van der Waals surface area contributed by atoms with E-state index >= 15 is 0 Å². The highest BCUT2D eigenvalue weighted by molar-refractivity contribution is 8.00. The van der Waals surface area contributed by atoms with Crippen molar-refractivity contribution in [2.24, 2.45) is 5.92 Å². The summed E-state index contributed by atoms with van der Waals surface area (Å²) in [6, 6.07) is 10.9. The number of carbonyl (C=O) groups excluding carboxylic acids is 1. The van der Waals surface area contributed by atoms with Crippen molar-refractivity contribution in [1.82, 2.24) is 9.88 Å². The highest BCUT2D eigenvalue weighted by Crippen LogP contribution is 2.42. The monoisotopic (exact) mass is 368 g/mol. The Morgan fingerprint density at radius 3 is 2.50 bits per heavy atom. The summed E-state index contributed by atoms with van der Waals surface area (Å²) in [5.41, 5.74) is 4.94. The minimum atomic E-state index is 0.0518. The molecule has 4 heteroatoms. The molecule has 0 spiro atoms. The Morgan fingerprint density at radius 1 is 1.19 bits per heavy atom. The molecule has 1 saturated heterocycles. The zero-order valence-electron chi connectivity index (χ0n) is 16.3. The van der Waals surface area contributed by atoms with Gasteiger partial charge in [0.1, 0.15) is 5.37 Å². The molecule has 0 N–H and O–H groups in total. The molecular formula is C22H28N2OS. The molecule has 1 aromatic carbocycles. The van der Waals surface area contributed by atoms with Crippen molar-refractivity contribution in [2.45, 2.75) is 45.4 Å². The molecule has 2 heterocycles. The number of hydrogen-bond acceptors (Lipinski definition) is 3. The van der Waals surface area contributed by atoms with Crippen LogP contribution in [-0.2, 0) is 10.2 Å². The second-order valence-corrected chi connectivity index (χ2v) is 9.46. The van der Waals surface area contributed by atoms with Gasteiger partial charge in [-0.3, -0.25) is 9.78 Å². The molecule has 0 bridgehead atoms. The number of thioether (sulfide) groups is 1. The molecule has 138 valence electrons. The first kappa shape index (κ1) is 19.0. The molecule has 3 rings (SSSR count). The molecule has 0 radical (unpaired) electrons. The first-order valence-corrected chi connectivity index (χ1v) is 10.3.